The van der Waals surface area contributed by atoms with E-state index in [1.807, 2.05) is 25.9 Å². The summed E-state index contributed by atoms with van der Waals surface area (Å²) in [7, 11) is 1.39. The van der Waals surface area contributed by atoms with Gasteiger partial charge in [0.25, 0.3) is 15.9 Å². The van der Waals surface area contributed by atoms with Crippen molar-refractivity contribution in [2.45, 2.75) is 30.9 Å². The summed E-state index contributed by atoms with van der Waals surface area (Å²) in [6, 6.07) is 10.4. The molecule has 34 heavy (non-hydrogen) atoms. The molecule has 2 aromatic carbocycles. The molecule has 0 fully saturated rings. The lowest BCUT2D eigenvalue weighted by molar-refractivity contribution is 0.0366. The number of ether oxygens (including phenoxy) is 2. The second-order valence-corrected chi connectivity index (χ2v) is 10.5. The van der Waals surface area contributed by atoms with E-state index in [-0.39, 0.29) is 46.4 Å². The Morgan fingerprint density at radius 1 is 1.24 bits per heavy atom. The summed E-state index contributed by atoms with van der Waals surface area (Å²) in [5, 5.41) is 9.75. The van der Waals surface area contributed by atoms with Crippen molar-refractivity contribution in [3.8, 4) is 11.5 Å². The van der Waals surface area contributed by atoms with E-state index in [0.717, 1.165) is 0 Å². The van der Waals surface area contributed by atoms with Gasteiger partial charge >= 0.3 is 0 Å². The minimum Gasteiger partial charge on any atom is -0.497 e. The largest absolute Gasteiger partial charge is 0.497 e. The van der Waals surface area contributed by atoms with Crippen LogP contribution >= 0.6 is 0 Å². The number of amides is 1. The second kappa shape index (κ2) is 10.6. The van der Waals surface area contributed by atoms with Gasteiger partial charge in [0.1, 0.15) is 11.9 Å². The number of rotatable bonds is 8. The van der Waals surface area contributed by atoms with Crippen LogP contribution in [-0.4, -0.2) is 82.3 Å². The van der Waals surface area contributed by atoms with Gasteiger partial charge in [0.05, 0.1) is 35.9 Å². The number of fused-ring (bicyclic) bond motifs is 1. The van der Waals surface area contributed by atoms with Crippen LogP contribution in [0, 0.1) is 5.92 Å². The molecule has 0 radical (unpaired) electrons. The Labute approximate surface area is 201 Å². The number of para-hydroxylation sites is 1. The molecule has 0 unspecified atom stereocenters. The maximum atomic E-state index is 13.5. The predicted octanol–water partition coefficient (Wildman–Crippen LogP) is 2.28. The van der Waals surface area contributed by atoms with Gasteiger partial charge in [-0.3, -0.25) is 9.52 Å². The standard InChI is InChI=1S/C24H33N3O6S/c1-16-13-27(17(2)15-28)24(29)20-7-6-8-21(23(20)33-22(16)14-26(3)4)25-34(30,31)19-11-9-18(32-5)10-12-19/h6-12,16-17,22,25,28H,13-15H2,1-5H3/t16-,17+,22+/m1/s1. The third-order valence-corrected chi connectivity index (χ3v) is 7.23. The first kappa shape index (κ1) is 25.8. The van der Waals surface area contributed by atoms with Crippen molar-refractivity contribution in [2.24, 2.45) is 5.92 Å². The van der Waals surface area contributed by atoms with Crippen molar-refractivity contribution < 1.29 is 27.8 Å². The zero-order valence-electron chi connectivity index (χ0n) is 20.2. The molecule has 1 amide bonds. The van der Waals surface area contributed by atoms with E-state index >= 15 is 0 Å². The highest BCUT2D eigenvalue weighted by molar-refractivity contribution is 7.92. The monoisotopic (exact) mass is 491 g/mol. The van der Waals surface area contributed by atoms with E-state index in [2.05, 4.69) is 4.72 Å². The fraction of sp³-hybridized carbons (Fsp3) is 0.458. The number of carbonyl (C=O) groups is 1. The van der Waals surface area contributed by atoms with Crippen LogP contribution in [0.2, 0.25) is 0 Å². The zero-order chi connectivity index (χ0) is 25.0. The van der Waals surface area contributed by atoms with Crippen molar-refractivity contribution in [3.63, 3.8) is 0 Å². The fourth-order valence-electron chi connectivity index (χ4n) is 3.86. The number of nitrogens with one attached hydrogen (secondary N) is 1. The van der Waals surface area contributed by atoms with Gasteiger partial charge in [-0.2, -0.15) is 0 Å². The van der Waals surface area contributed by atoms with Crippen LogP contribution in [0.1, 0.15) is 24.2 Å². The minimum absolute atomic E-state index is 0.0526. The fourth-order valence-corrected chi connectivity index (χ4v) is 4.92. The molecule has 1 aliphatic rings. The molecule has 0 spiro atoms. The number of benzene rings is 2. The van der Waals surface area contributed by atoms with Gasteiger partial charge in [-0.05, 0) is 57.4 Å². The normalized spacial score (nSPS) is 19.6. The maximum absolute atomic E-state index is 13.5. The molecule has 10 heteroatoms. The van der Waals surface area contributed by atoms with Crippen molar-refractivity contribution in [2.75, 3.05) is 45.6 Å². The number of carbonyl (C=O) groups excluding carboxylic acids is 1. The number of likely N-dealkylation sites (N-methyl/N-ethyl adjacent to an activating group) is 1. The lowest BCUT2D eigenvalue weighted by atomic mass is 9.99. The molecule has 1 heterocycles. The number of aliphatic hydroxyl groups is 1. The Morgan fingerprint density at radius 3 is 2.50 bits per heavy atom. The lowest BCUT2D eigenvalue weighted by Gasteiger charge is -2.38. The third-order valence-electron chi connectivity index (χ3n) is 5.85. The molecule has 0 bridgehead atoms. The van der Waals surface area contributed by atoms with Crippen LogP contribution in [0.15, 0.2) is 47.4 Å². The van der Waals surface area contributed by atoms with E-state index in [1.165, 1.54) is 19.2 Å². The first-order chi connectivity index (χ1) is 16.1. The van der Waals surface area contributed by atoms with Gasteiger partial charge in [0.2, 0.25) is 0 Å². The predicted molar refractivity (Wildman–Crippen MR) is 130 cm³/mol. The lowest BCUT2D eigenvalue weighted by Crippen LogP contribution is -2.49. The third kappa shape index (κ3) is 5.63. The number of sulfonamides is 1. The van der Waals surface area contributed by atoms with Crippen LogP contribution in [0.3, 0.4) is 0 Å². The van der Waals surface area contributed by atoms with Crippen molar-refractivity contribution >= 4 is 21.6 Å². The zero-order valence-corrected chi connectivity index (χ0v) is 21.0. The molecule has 0 aromatic heterocycles. The van der Waals surface area contributed by atoms with E-state index < -0.39 is 16.1 Å². The van der Waals surface area contributed by atoms with Crippen molar-refractivity contribution in [1.29, 1.82) is 0 Å². The van der Waals surface area contributed by atoms with Crippen LogP contribution in [0.25, 0.3) is 0 Å². The molecule has 3 atom stereocenters. The number of nitrogens with zero attached hydrogens (tertiary/aromatic N) is 2. The van der Waals surface area contributed by atoms with E-state index in [9.17, 15) is 18.3 Å². The summed E-state index contributed by atoms with van der Waals surface area (Å²) in [6.07, 6.45) is -0.318. The molecule has 9 nitrogen and oxygen atoms in total. The van der Waals surface area contributed by atoms with Gasteiger partial charge in [0.15, 0.2) is 5.75 Å². The highest BCUT2D eigenvalue weighted by Crippen LogP contribution is 2.36. The Kier molecular flexibility index (Phi) is 8.06. The Balaban J connectivity index is 2.07. The van der Waals surface area contributed by atoms with Crippen LogP contribution in [-0.2, 0) is 10.0 Å². The van der Waals surface area contributed by atoms with Gasteiger partial charge in [-0.25, -0.2) is 8.42 Å². The summed E-state index contributed by atoms with van der Waals surface area (Å²) < 4.78 is 40.3. The number of aliphatic hydroxyl groups excluding tert-OH is 1. The minimum atomic E-state index is -3.96. The average molecular weight is 492 g/mol. The average Bonchev–Trinajstić information content (AvgIpc) is 2.80. The molecule has 186 valence electrons. The Hall–Kier alpha value is -2.82. The Bertz CT molecular complexity index is 1100. The molecular weight excluding hydrogens is 458 g/mol. The molecule has 0 saturated carbocycles. The van der Waals surface area contributed by atoms with Crippen LogP contribution < -0.4 is 14.2 Å². The summed E-state index contributed by atoms with van der Waals surface area (Å²) in [5.41, 5.74) is 0.419. The van der Waals surface area contributed by atoms with Gasteiger partial charge in [-0.15, -0.1) is 0 Å². The number of hydrogen-bond acceptors (Lipinski definition) is 7. The summed E-state index contributed by atoms with van der Waals surface area (Å²) in [6.45, 7) is 4.55. The second-order valence-electron chi connectivity index (χ2n) is 8.85. The Morgan fingerprint density at radius 2 is 1.91 bits per heavy atom. The van der Waals surface area contributed by atoms with Crippen molar-refractivity contribution in [3.05, 3.63) is 48.0 Å². The SMILES string of the molecule is COc1ccc(S(=O)(=O)Nc2cccc3c2O[C@@H](CN(C)C)[C@H](C)CN([C@@H](C)CO)C3=O)cc1. The molecular formula is C24H33N3O6S. The molecule has 0 saturated heterocycles. The molecule has 2 N–H and O–H groups in total. The number of anilines is 1. The summed E-state index contributed by atoms with van der Waals surface area (Å²) >= 11 is 0. The van der Waals surface area contributed by atoms with Gasteiger partial charge < -0.3 is 24.4 Å². The summed E-state index contributed by atoms with van der Waals surface area (Å²) in [4.78, 5) is 17.1. The van der Waals surface area contributed by atoms with E-state index in [0.29, 0.717) is 18.8 Å². The molecule has 0 aliphatic carbocycles. The van der Waals surface area contributed by atoms with Crippen LogP contribution in [0.5, 0.6) is 11.5 Å². The number of methoxy groups -OCH3 is 1. The smallest absolute Gasteiger partial charge is 0.262 e. The van der Waals surface area contributed by atoms with Gasteiger partial charge in [0, 0.05) is 19.0 Å². The first-order valence-electron chi connectivity index (χ1n) is 11.1. The topological polar surface area (TPSA) is 108 Å². The highest BCUT2D eigenvalue weighted by atomic mass is 32.2. The quantitative estimate of drug-likeness (QED) is 0.583. The van der Waals surface area contributed by atoms with Crippen LogP contribution in [0.4, 0.5) is 5.69 Å². The van der Waals surface area contributed by atoms with Gasteiger partial charge in [-0.1, -0.05) is 13.0 Å². The van der Waals surface area contributed by atoms with E-state index in [4.69, 9.17) is 9.47 Å². The molecule has 1 aliphatic heterocycles. The number of hydrogen-bond donors (Lipinski definition) is 2. The molecule has 2 aromatic rings. The van der Waals surface area contributed by atoms with E-state index in [1.54, 1.807) is 42.2 Å². The first-order valence-corrected chi connectivity index (χ1v) is 12.6. The van der Waals surface area contributed by atoms with Crippen molar-refractivity contribution in [1.82, 2.24) is 9.80 Å². The highest BCUT2D eigenvalue weighted by Gasteiger charge is 2.34. The summed E-state index contributed by atoms with van der Waals surface area (Å²) in [5.74, 6) is 0.325. The molecule has 3 rings (SSSR count). The maximum Gasteiger partial charge on any atom is 0.262 e.